The summed E-state index contributed by atoms with van der Waals surface area (Å²) in [5.41, 5.74) is 3.35. The van der Waals surface area contributed by atoms with E-state index in [1.165, 1.54) is 30.4 Å². The Labute approximate surface area is 127 Å². The highest BCUT2D eigenvalue weighted by Gasteiger charge is 2.43. The van der Waals surface area contributed by atoms with Crippen molar-refractivity contribution in [3.63, 3.8) is 0 Å². The average Bonchev–Trinajstić information content (AvgIpc) is 2.83. The van der Waals surface area contributed by atoms with Crippen molar-refractivity contribution in [2.45, 2.75) is 44.4 Å². The molecule has 0 bridgehead atoms. The highest BCUT2D eigenvalue weighted by atomic mass is 16.1. The van der Waals surface area contributed by atoms with Crippen LogP contribution in [0.3, 0.4) is 0 Å². The molecule has 3 rings (SSSR count). The summed E-state index contributed by atoms with van der Waals surface area (Å²) in [6, 6.07) is 18.8. The third-order valence-corrected chi connectivity index (χ3v) is 4.74. The molecule has 2 aromatic carbocycles. The normalized spacial score (nSPS) is 20.5. The fourth-order valence-corrected chi connectivity index (χ4v) is 3.67. The molecular weight excluding hydrogens is 256 g/mol. The summed E-state index contributed by atoms with van der Waals surface area (Å²) in [5, 5.41) is 0. The number of hydrogen-bond donors (Lipinski definition) is 0. The zero-order chi connectivity index (χ0) is 14.7. The zero-order valence-electron chi connectivity index (χ0n) is 12.6. The van der Waals surface area contributed by atoms with E-state index in [-0.39, 0.29) is 5.41 Å². The molecule has 0 fully saturated rings. The van der Waals surface area contributed by atoms with Gasteiger partial charge in [-0.3, -0.25) is 4.79 Å². The summed E-state index contributed by atoms with van der Waals surface area (Å²) in [7, 11) is 0. The molecule has 0 N–H and O–H groups in total. The van der Waals surface area contributed by atoms with E-state index in [1.807, 2.05) is 18.2 Å². The van der Waals surface area contributed by atoms with Gasteiger partial charge >= 0.3 is 0 Å². The lowest BCUT2D eigenvalue weighted by Gasteiger charge is -2.30. The molecule has 0 heterocycles. The van der Waals surface area contributed by atoms with E-state index < -0.39 is 0 Å². The van der Waals surface area contributed by atoms with E-state index in [0.717, 1.165) is 12.0 Å². The van der Waals surface area contributed by atoms with Crippen LogP contribution in [0.2, 0.25) is 0 Å². The van der Waals surface area contributed by atoms with Crippen molar-refractivity contribution in [3.8, 4) is 0 Å². The van der Waals surface area contributed by atoms with Crippen LogP contribution < -0.4 is 0 Å². The second kappa shape index (κ2) is 5.85. The maximum atomic E-state index is 12.5. The van der Waals surface area contributed by atoms with Crippen LogP contribution in [0.15, 0.2) is 54.6 Å². The van der Waals surface area contributed by atoms with Crippen molar-refractivity contribution < 1.29 is 4.79 Å². The first-order valence-electron chi connectivity index (χ1n) is 7.96. The Bertz CT molecular complexity index is 629. The minimum Gasteiger partial charge on any atom is -0.294 e. The largest absolute Gasteiger partial charge is 0.294 e. The Morgan fingerprint density at radius 2 is 1.67 bits per heavy atom. The molecule has 0 saturated heterocycles. The number of benzene rings is 2. The van der Waals surface area contributed by atoms with Gasteiger partial charge in [0.05, 0.1) is 0 Å². The van der Waals surface area contributed by atoms with Crippen molar-refractivity contribution in [1.82, 2.24) is 0 Å². The predicted octanol–water partition coefficient (Wildman–Crippen LogP) is 5.14. The number of ketones is 1. The van der Waals surface area contributed by atoms with E-state index >= 15 is 0 Å². The highest BCUT2D eigenvalue weighted by molar-refractivity contribution is 6.03. The fourth-order valence-electron chi connectivity index (χ4n) is 3.67. The molecule has 1 heteroatoms. The molecule has 21 heavy (non-hydrogen) atoms. The number of unbranched alkanes of at least 4 members (excludes halogenated alkanes) is 2. The molecule has 0 saturated carbocycles. The summed E-state index contributed by atoms with van der Waals surface area (Å²) in [6.45, 7) is 2.23. The number of carbonyl (C=O) groups excluding carboxylic acids is 1. The third-order valence-electron chi connectivity index (χ3n) is 4.74. The van der Waals surface area contributed by atoms with Crippen LogP contribution in [0.25, 0.3) is 0 Å². The monoisotopic (exact) mass is 278 g/mol. The SMILES string of the molecule is CCCCCC1(c2ccccc2)CC(=O)c2ccccc21. The van der Waals surface area contributed by atoms with Crippen LogP contribution in [0.1, 0.15) is 60.5 Å². The standard InChI is InChI=1S/C20H22O/c1-2-3-9-14-20(16-10-5-4-6-11-16)15-19(21)17-12-7-8-13-18(17)20/h4-8,10-13H,2-3,9,14-15H2,1H3. The molecule has 0 spiro atoms. The van der Waals surface area contributed by atoms with Crippen LogP contribution >= 0.6 is 0 Å². The molecule has 1 aliphatic rings. The summed E-state index contributed by atoms with van der Waals surface area (Å²) in [6.07, 6.45) is 5.30. The molecule has 0 amide bonds. The number of rotatable bonds is 5. The van der Waals surface area contributed by atoms with Crippen molar-refractivity contribution in [3.05, 3.63) is 71.3 Å². The van der Waals surface area contributed by atoms with Gasteiger partial charge in [-0.1, -0.05) is 80.8 Å². The highest BCUT2D eigenvalue weighted by Crippen LogP contribution is 2.47. The van der Waals surface area contributed by atoms with Crippen molar-refractivity contribution in [1.29, 1.82) is 0 Å². The van der Waals surface area contributed by atoms with Gasteiger partial charge in [-0.2, -0.15) is 0 Å². The zero-order valence-corrected chi connectivity index (χ0v) is 12.6. The fraction of sp³-hybridized carbons (Fsp3) is 0.350. The van der Waals surface area contributed by atoms with Gasteiger partial charge in [0.15, 0.2) is 5.78 Å². The van der Waals surface area contributed by atoms with E-state index in [9.17, 15) is 4.79 Å². The maximum absolute atomic E-state index is 12.5. The average molecular weight is 278 g/mol. The van der Waals surface area contributed by atoms with E-state index in [1.54, 1.807) is 0 Å². The van der Waals surface area contributed by atoms with Crippen LogP contribution in [0, 0.1) is 0 Å². The first-order valence-corrected chi connectivity index (χ1v) is 7.96. The Morgan fingerprint density at radius 3 is 2.43 bits per heavy atom. The van der Waals surface area contributed by atoms with Crippen molar-refractivity contribution in [2.24, 2.45) is 0 Å². The molecule has 1 atom stereocenters. The maximum Gasteiger partial charge on any atom is 0.164 e. The molecule has 0 radical (unpaired) electrons. The van der Waals surface area contributed by atoms with Crippen molar-refractivity contribution >= 4 is 5.78 Å². The number of hydrogen-bond acceptors (Lipinski definition) is 1. The Hall–Kier alpha value is -1.89. The third kappa shape index (κ3) is 2.42. The second-order valence-electron chi connectivity index (χ2n) is 6.05. The molecule has 2 aromatic rings. The van der Waals surface area contributed by atoms with E-state index in [4.69, 9.17) is 0 Å². The van der Waals surface area contributed by atoms with Gasteiger partial charge in [0.25, 0.3) is 0 Å². The Kier molecular flexibility index (Phi) is 3.92. The van der Waals surface area contributed by atoms with Gasteiger partial charge in [0.2, 0.25) is 0 Å². The summed E-state index contributed by atoms with van der Waals surface area (Å²) in [5.74, 6) is 0.297. The minimum absolute atomic E-state index is 0.107. The number of carbonyl (C=O) groups is 1. The second-order valence-corrected chi connectivity index (χ2v) is 6.05. The molecule has 108 valence electrons. The van der Waals surface area contributed by atoms with Gasteiger partial charge in [0.1, 0.15) is 0 Å². The van der Waals surface area contributed by atoms with Gasteiger partial charge in [0, 0.05) is 17.4 Å². The van der Waals surface area contributed by atoms with Gasteiger partial charge < -0.3 is 0 Å². The van der Waals surface area contributed by atoms with Crippen LogP contribution in [0.5, 0.6) is 0 Å². The molecular formula is C20H22O. The lowest BCUT2D eigenvalue weighted by Crippen LogP contribution is -2.25. The van der Waals surface area contributed by atoms with Gasteiger partial charge in [-0.05, 0) is 17.5 Å². The lowest BCUT2D eigenvalue weighted by molar-refractivity contribution is 0.0977. The first kappa shape index (κ1) is 14.1. The van der Waals surface area contributed by atoms with Gasteiger partial charge in [-0.25, -0.2) is 0 Å². The smallest absolute Gasteiger partial charge is 0.164 e. The predicted molar refractivity (Wildman–Crippen MR) is 86.8 cm³/mol. The minimum atomic E-state index is -0.107. The topological polar surface area (TPSA) is 17.1 Å². The first-order chi connectivity index (χ1) is 10.3. The summed E-state index contributed by atoms with van der Waals surface area (Å²) >= 11 is 0. The van der Waals surface area contributed by atoms with Crippen molar-refractivity contribution in [2.75, 3.05) is 0 Å². The van der Waals surface area contributed by atoms with E-state index in [0.29, 0.717) is 12.2 Å². The number of fused-ring (bicyclic) bond motifs is 1. The molecule has 0 aromatic heterocycles. The number of Topliss-reactive ketones (excluding diaryl/α,β-unsaturated/α-hetero) is 1. The van der Waals surface area contributed by atoms with E-state index in [2.05, 4.69) is 43.3 Å². The van der Waals surface area contributed by atoms with Crippen LogP contribution in [-0.2, 0) is 5.41 Å². The summed E-state index contributed by atoms with van der Waals surface area (Å²) < 4.78 is 0. The molecule has 0 aliphatic heterocycles. The van der Waals surface area contributed by atoms with Crippen LogP contribution in [0.4, 0.5) is 0 Å². The molecule has 1 aliphatic carbocycles. The van der Waals surface area contributed by atoms with Gasteiger partial charge in [-0.15, -0.1) is 0 Å². The van der Waals surface area contributed by atoms with Crippen LogP contribution in [-0.4, -0.2) is 5.78 Å². The quantitative estimate of drug-likeness (QED) is 0.692. The Balaban J connectivity index is 2.08. The lowest BCUT2D eigenvalue weighted by atomic mass is 9.72. The Morgan fingerprint density at radius 1 is 0.952 bits per heavy atom. The summed E-state index contributed by atoms with van der Waals surface area (Å²) in [4.78, 5) is 12.5. The molecule has 1 nitrogen and oxygen atoms in total. The molecule has 1 unspecified atom stereocenters.